The second kappa shape index (κ2) is 9.41. The number of amides is 1. The van der Waals surface area contributed by atoms with Crippen molar-refractivity contribution in [3.05, 3.63) is 53.1 Å². The molecule has 2 aromatic rings. The van der Waals surface area contributed by atoms with Crippen molar-refractivity contribution in [1.82, 2.24) is 4.31 Å². The molecule has 0 aromatic heterocycles. The van der Waals surface area contributed by atoms with Gasteiger partial charge in [-0.15, -0.1) is 0 Å². The molecule has 2 rings (SSSR count). The number of aryl methyl sites for hydroxylation is 1. The maximum absolute atomic E-state index is 12.9. The molecule has 0 heterocycles. The summed E-state index contributed by atoms with van der Waals surface area (Å²) in [4.78, 5) is 13.0. The minimum absolute atomic E-state index is 0.119. The first-order valence-electron chi connectivity index (χ1n) is 9.80. The van der Waals surface area contributed by atoms with Gasteiger partial charge in [-0.3, -0.25) is 4.79 Å². The van der Waals surface area contributed by atoms with Gasteiger partial charge < -0.3 is 10.1 Å². The molecular formula is C22H30N2O4S. The lowest BCUT2D eigenvalue weighted by Gasteiger charge is -2.21. The Morgan fingerprint density at radius 2 is 1.76 bits per heavy atom. The van der Waals surface area contributed by atoms with Crippen LogP contribution in [0.4, 0.5) is 5.69 Å². The number of sulfonamides is 1. The smallest absolute Gasteiger partial charge is 0.256 e. The number of carbonyl (C=O) groups excluding carboxylic acids is 1. The quantitative estimate of drug-likeness (QED) is 0.690. The summed E-state index contributed by atoms with van der Waals surface area (Å²) >= 11 is 0. The summed E-state index contributed by atoms with van der Waals surface area (Å²) in [5, 5.41) is 2.84. The highest BCUT2D eigenvalue weighted by molar-refractivity contribution is 7.89. The van der Waals surface area contributed by atoms with Gasteiger partial charge in [0.05, 0.1) is 16.7 Å². The lowest BCUT2D eigenvalue weighted by Crippen LogP contribution is -2.30. The molecule has 0 unspecified atom stereocenters. The third-order valence-electron chi connectivity index (χ3n) is 4.75. The molecule has 0 radical (unpaired) electrons. The number of ether oxygens (including phenoxy) is 1. The SMILES string of the molecule is CCN(CC)S(=O)(=O)c1ccc(OC(C)C)c(NC(=O)c2cccc(C)c2C)c1. The molecule has 6 nitrogen and oxygen atoms in total. The van der Waals surface area contributed by atoms with Gasteiger partial charge in [-0.25, -0.2) is 8.42 Å². The van der Waals surface area contributed by atoms with Crippen LogP contribution in [-0.2, 0) is 10.0 Å². The van der Waals surface area contributed by atoms with Gasteiger partial charge in [-0.2, -0.15) is 4.31 Å². The molecule has 0 aliphatic carbocycles. The third kappa shape index (κ3) is 5.16. The van der Waals surface area contributed by atoms with E-state index in [-0.39, 0.29) is 16.9 Å². The Kier molecular flexibility index (Phi) is 7.43. The highest BCUT2D eigenvalue weighted by atomic mass is 32.2. The van der Waals surface area contributed by atoms with Gasteiger partial charge in [0, 0.05) is 18.7 Å². The van der Waals surface area contributed by atoms with Crippen molar-refractivity contribution in [2.24, 2.45) is 0 Å². The van der Waals surface area contributed by atoms with Gasteiger partial charge in [-0.1, -0.05) is 26.0 Å². The number of carbonyl (C=O) groups is 1. The molecule has 7 heteroatoms. The Labute approximate surface area is 173 Å². The van der Waals surface area contributed by atoms with E-state index < -0.39 is 10.0 Å². The fourth-order valence-electron chi connectivity index (χ4n) is 3.02. The van der Waals surface area contributed by atoms with Crippen molar-refractivity contribution in [1.29, 1.82) is 0 Å². The number of benzene rings is 2. The standard InChI is InChI=1S/C22H30N2O4S/c1-7-24(8-2)29(26,27)18-12-13-21(28-15(3)4)20(14-18)23-22(25)19-11-9-10-16(5)17(19)6/h9-15H,7-8H2,1-6H3,(H,23,25). The molecule has 1 N–H and O–H groups in total. The molecular weight excluding hydrogens is 388 g/mol. The van der Waals surface area contributed by atoms with Crippen molar-refractivity contribution in [2.75, 3.05) is 18.4 Å². The number of rotatable bonds is 8. The zero-order chi connectivity index (χ0) is 21.8. The molecule has 158 valence electrons. The van der Waals surface area contributed by atoms with E-state index in [0.717, 1.165) is 11.1 Å². The maximum Gasteiger partial charge on any atom is 0.256 e. The predicted molar refractivity (Wildman–Crippen MR) is 116 cm³/mol. The van der Waals surface area contributed by atoms with E-state index in [2.05, 4.69) is 5.32 Å². The summed E-state index contributed by atoms with van der Waals surface area (Å²) in [6.45, 7) is 11.9. The summed E-state index contributed by atoms with van der Waals surface area (Å²) in [7, 11) is -3.66. The van der Waals surface area contributed by atoms with Crippen LogP contribution in [0.1, 0.15) is 49.2 Å². The Morgan fingerprint density at radius 3 is 2.34 bits per heavy atom. The van der Waals surface area contributed by atoms with Crippen LogP contribution in [0, 0.1) is 13.8 Å². The van der Waals surface area contributed by atoms with Gasteiger partial charge in [-0.05, 0) is 63.1 Å². The highest BCUT2D eigenvalue weighted by Gasteiger charge is 2.24. The Bertz CT molecular complexity index is 980. The van der Waals surface area contributed by atoms with Crippen LogP contribution >= 0.6 is 0 Å². The van der Waals surface area contributed by atoms with Crippen LogP contribution in [0.2, 0.25) is 0 Å². The van der Waals surface area contributed by atoms with Gasteiger partial charge in [0.25, 0.3) is 5.91 Å². The third-order valence-corrected chi connectivity index (χ3v) is 6.80. The lowest BCUT2D eigenvalue weighted by molar-refractivity contribution is 0.102. The zero-order valence-electron chi connectivity index (χ0n) is 17.9. The summed E-state index contributed by atoms with van der Waals surface area (Å²) in [6, 6.07) is 10.1. The molecule has 0 spiro atoms. The topological polar surface area (TPSA) is 75.7 Å². The van der Waals surface area contributed by atoms with E-state index in [9.17, 15) is 13.2 Å². The fourth-order valence-corrected chi connectivity index (χ4v) is 4.51. The van der Waals surface area contributed by atoms with Crippen molar-refractivity contribution < 1.29 is 17.9 Å². The first kappa shape index (κ1) is 22.9. The lowest BCUT2D eigenvalue weighted by atomic mass is 10.0. The van der Waals surface area contributed by atoms with Crippen LogP contribution < -0.4 is 10.1 Å². The van der Waals surface area contributed by atoms with Gasteiger partial charge in [0.2, 0.25) is 10.0 Å². The summed E-state index contributed by atoms with van der Waals surface area (Å²) in [6.07, 6.45) is -0.128. The second-order valence-corrected chi connectivity index (χ2v) is 9.05. The molecule has 2 aromatic carbocycles. The Morgan fingerprint density at radius 1 is 1.10 bits per heavy atom. The Balaban J connectivity index is 2.49. The van der Waals surface area contributed by atoms with Crippen LogP contribution in [0.15, 0.2) is 41.3 Å². The normalized spacial score (nSPS) is 11.7. The van der Waals surface area contributed by atoms with E-state index in [1.807, 2.05) is 39.8 Å². The van der Waals surface area contributed by atoms with E-state index in [0.29, 0.717) is 30.1 Å². The highest BCUT2D eigenvalue weighted by Crippen LogP contribution is 2.31. The molecule has 0 bridgehead atoms. The van der Waals surface area contributed by atoms with Crippen LogP contribution in [-0.4, -0.2) is 37.8 Å². The van der Waals surface area contributed by atoms with Crippen LogP contribution in [0.25, 0.3) is 0 Å². The molecule has 29 heavy (non-hydrogen) atoms. The Hall–Kier alpha value is -2.38. The number of hydrogen-bond donors (Lipinski definition) is 1. The molecule has 0 fully saturated rings. The molecule has 0 saturated carbocycles. The van der Waals surface area contributed by atoms with Crippen LogP contribution in [0.3, 0.4) is 0 Å². The summed E-state index contributed by atoms with van der Waals surface area (Å²) < 4.78 is 33.0. The van der Waals surface area contributed by atoms with Gasteiger partial charge in [0.15, 0.2) is 0 Å². The number of hydrogen-bond acceptors (Lipinski definition) is 4. The molecule has 0 saturated heterocycles. The molecule has 0 aliphatic heterocycles. The summed E-state index contributed by atoms with van der Waals surface area (Å²) in [5.41, 5.74) is 2.76. The second-order valence-electron chi connectivity index (χ2n) is 7.12. The van der Waals surface area contributed by atoms with Crippen LogP contribution in [0.5, 0.6) is 5.75 Å². The van der Waals surface area contributed by atoms with Crippen molar-refractivity contribution >= 4 is 21.6 Å². The number of anilines is 1. The predicted octanol–water partition coefficient (Wildman–Crippen LogP) is 4.37. The number of nitrogens with zero attached hydrogens (tertiary/aromatic N) is 1. The first-order chi connectivity index (χ1) is 13.6. The average Bonchev–Trinajstić information content (AvgIpc) is 2.65. The maximum atomic E-state index is 12.9. The van der Waals surface area contributed by atoms with Gasteiger partial charge in [0.1, 0.15) is 5.75 Å². The van der Waals surface area contributed by atoms with Gasteiger partial charge >= 0.3 is 0 Å². The van der Waals surface area contributed by atoms with Crippen molar-refractivity contribution in [2.45, 2.75) is 52.5 Å². The van der Waals surface area contributed by atoms with E-state index in [1.165, 1.54) is 16.4 Å². The zero-order valence-corrected chi connectivity index (χ0v) is 18.8. The molecule has 0 aliphatic rings. The summed E-state index contributed by atoms with van der Waals surface area (Å²) in [5.74, 6) is 0.120. The molecule has 0 atom stereocenters. The minimum Gasteiger partial charge on any atom is -0.489 e. The van der Waals surface area contributed by atoms with E-state index in [4.69, 9.17) is 4.74 Å². The minimum atomic E-state index is -3.66. The first-order valence-corrected chi connectivity index (χ1v) is 11.2. The number of nitrogens with one attached hydrogen (secondary N) is 1. The van der Waals surface area contributed by atoms with Crippen molar-refractivity contribution in [3.63, 3.8) is 0 Å². The van der Waals surface area contributed by atoms with E-state index in [1.54, 1.807) is 26.0 Å². The van der Waals surface area contributed by atoms with E-state index >= 15 is 0 Å². The average molecular weight is 419 g/mol. The largest absolute Gasteiger partial charge is 0.489 e. The molecule has 1 amide bonds. The fraction of sp³-hybridized carbons (Fsp3) is 0.409. The van der Waals surface area contributed by atoms with Crippen molar-refractivity contribution in [3.8, 4) is 5.75 Å². The monoisotopic (exact) mass is 418 g/mol.